The van der Waals surface area contributed by atoms with Crippen LogP contribution in [0, 0.1) is 0 Å². The predicted octanol–water partition coefficient (Wildman–Crippen LogP) is 3.54. The van der Waals surface area contributed by atoms with Crippen LogP contribution >= 0.6 is 0 Å². The van der Waals surface area contributed by atoms with Gasteiger partial charge in [0.25, 0.3) is 5.91 Å². The molecule has 2 aromatic carbocycles. The second-order valence-corrected chi connectivity index (χ2v) is 9.80. The summed E-state index contributed by atoms with van der Waals surface area (Å²) in [6.45, 7) is 6.11. The van der Waals surface area contributed by atoms with Gasteiger partial charge < -0.3 is 20.0 Å². The topological polar surface area (TPSA) is 38.8 Å². The van der Waals surface area contributed by atoms with Crippen molar-refractivity contribution in [3.63, 3.8) is 0 Å². The molecule has 2 fully saturated rings. The van der Waals surface area contributed by atoms with Crippen LogP contribution in [0.25, 0.3) is 0 Å². The molecule has 3 aliphatic rings. The first-order valence-electron chi connectivity index (χ1n) is 12.3. The summed E-state index contributed by atoms with van der Waals surface area (Å²) >= 11 is 0. The number of carbonyl (C=O) groups is 1. The van der Waals surface area contributed by atoms with Crippen LogP contribution in [0.4, 0.5) is 5.69 Å². The van der Waals surface area contributed by atoms with Crippen LogP contribution < -0.4 is 10.2 Å². The van der Waals surface area contributed by atoms with Crippen LogP contribution in [0.1, 0.15) is 47.2 Å². The van der Waals surface area contributed by atoms with Crippen LogP contribution in [0.2, 0.25) is 0 Å². The molecule has 3 aliphatic heterocycles. The SMILES string of the molecule is CN1CCC(NC2CCN(c3ccc(C(=O)N4CCc5ccccc5C4)cc3)CC2)CC1. The number of hydrogen-bond donors (Lipinski definition) is 1. The van der Waals surface area contributed by atoms with Gasteiger partial charge in [-0.15, -0.1) is 0 Å². The maximum Gasteiger partial charge on any atom is 0.254 e. The summed E-state index contributed by atoms with van der Waals surface area (Å²) in [5, 5.41) is 3.91. The first-order valence-corrected chi connectivity index (χ1v) is 12.3. The zero-order valence-corrected chi connectivity index (χ0v) is 19.3. The van der Waals surface area contributed by atoms with Gasteiger partial charge in [-0.3, -0.25) is 4.79 Å². The standard InChI is InChI=1S/C27H36N4O/c1-29-15-11-24(12-16-29)28-25-13-18-30(19-14-25)26-8-6-22(7-9-26)27(32)31-17-10-21-4-2-3-5-23(21)20-31/h2-9,24-25,28H,10-20H2,1H3. The van der Waals surface area contributed by atoms with E-state index in [0.717, 1.165) is 31.6 Å². The normalized spacial score (nSPS) is 20.9. The number of hydrogen-bond acceptors (Lipinski definition) is 4. The fraction of sp³-hybridized carbons (Fsp3) is 0.519. The number of piperidine rings is 2. The summed E-state index contributed by atoms with van der Waals surface area (Å²) in [6.07, 6.45) is 5.88. The minimum absolute atomic E-state index is 0.145. The molecule has 0 bridgehead atoms. The Morgan fingerprint density at radius 2 is 1.44 bits per heavy atom. The second-order valence-electron chi connectivity index (χ2n) is 9.80. The molecule has 32 heavy (non-hydrogen) atoms. The fourth-order valence-electron chi connectivity index (χ4n) is 5.48. The van der Waals surface area contributed by atoms with Crippen molar-refractivity contribution in [2.24, 2.45) is 0 Å². The molecule has 1 amide bonds. The Bertz CT molecular complexity index is 912. The van der Waals surface area contributed by atoms with Gasteiger partial charge in [0.15, 0.2) is 0 Å². The Balaban J connectivity index is 1.13. The summed E-state index contributed by atoms with van der Waals surface area (Å²) in [7, 11) is 2.22. The highest BCUT2D eigenvalue weighted by Gasteiger charge is 2.25. The average Bonchev–Trinajstić information content (AvgIpc) is 2.85. The Morgan fingerprint density at radius 3 is 2.12 bits per heavy atom. The maximum absolute atomic E-state index is 13.1. The minimum atomic E-state index is 0.145. The predicted molar refractivity (Wildman–Crippen MR) is 130 cm³/mol. The number of carbonyl (C=O) groups excluding carboxylic acids is 1. The summed E-state index contributed by atoms with van der Waals surface area (Å²) in [5.74, 6) is 0.145. The number of amides is 1. The van der Waals surface area contributed by atoms with Gasteiger partial charge in [0, 0.05) is 49.5 Å². The summed E-state index contributed by atoms with van der Waals surface area (Å²) in [6, 6.07) is 18.1. The minimum Gasteiger partial charge on any atom is -0.371 e. The monoisotopic (exact) mass is 432 g/mol. The highest BCUT2D eigenvalue weighted by Crippen LogP contribution is 2.24. The number of benzene rings is 2. The number of nitrogens with zero attached hydrogens (tertiary/aromatic N) is 3. The van der Waals surface area contributed by atoms with E-state index in [4.69, 9.17) is 0 Å². The van der Waals surface area contributed by atoms with E-state index in [9.17, 15) is 4.79 Å². The van der Waals surface area contributed by atoms with Gasteiger partial charge in [0.1, 0.15) is 0 Å². The van der Waals surface area contributed by atoms with Gasteiger partial charge in [-0.1, -0.05) is 24.3 Å². The van der Waals surface area contributed by atoms with Gasteiger partial charge >= 0.3 is 0 Å². The third-order valence-electron chi connectivity index (χ3n) is 7.58. The molecular formula is C27H36N4O. The van der Waals surface area contributed by atoms with Crippen LogP contribution in [0.5, 0.6) is 0 Å². The van der Waals surface area contributed by atoms with E-state index in [2.05, 4.69) is 58.6 Å². The van der Waals surface area contributed by atoms with Crippen molar-refractivity contribution in [2.75, 3.05) is 44.7 Å². The summed E-state index contributed by atoms with van der Waals surface area (Å²) in [4.78, 5) is 19.9. The molecule has 0 aromatic heterocycles. The van der Waals surface area contributed by atoms with Gasteiger partial charge in [-0.05, 0) is 87.6 Å². The van der Waals surface area contributed by atoms with E-state index in [0.29, 0.717) is 18.6 Å². The Morgan fingerprint density at radius 1 is 0.812 bits per heavy atom. The van der Waals surface area contributed by atoms with Gasteiger partial charge in [-0.25, -0.2) is 0 Å². The van der Waals surface area contributed by atoms with Crippen molar-refractivity contribution in [2.45, 2.75) is 50.7 Å². The third-order valence-corrected chi connectivity index (χ3v) is 7.58. The highest BCUT2D eigenvalue weighted by molar-refractivity contribution is 5.94. The number of likely N-dealkylation sites (tertiary alicyclic amines) is 1. The molecule has 5 rings (SSSR count). The molecule has 0 saturated carbocycles. The molecule has 170 valence electrons. The Hall–Kier alpha value is -2.37. The maximum atomic E-state index is 13.1. The van der Waals surface area contributed by atoms with Crippen molar-refractivity contribution < 1.29 is 4.79 Å². The van der Waals surface area contributed by atoms with Crippen LogP contribution in [0.3, 0.4) is 0 Å². The van der Waals surface area contributed by atoms with Crippen molar-refractivity contribution in [3.8, 4) is 0 Å². The molecule has 5 heteroatoms. The van der Waals surface area contributed by atoms with Crippen LogP contribution in [0.15, 0.2) is 48.5 Å². The number of rotatable bonds is 4. The van der Waals surface area contributed by atoms with Gasteiger partial charge in [-0.2, -0.15) is 0 Å². The van der Waals surface area contributed by atoms with Crippen molar-refractivity contribution in [3.05, 3.63) is 65.2 Å². The molecular weight excluding hydrogens is 396 g/mol. The smallest absolute Gasteiger partial charge is 0.254 e. The average molecular weight is 433 g/mol. The zero-order valence-electron chi connectivity index (χ0n) is 19.3. The largest absolute Gasteiger partial charge is 0.371 e. The first-order chi connectivity index (χ1) is 15.7. The summed E-state index contributed by atoms with van der Waals surface area (Å²) < 4.78 is 0. The third kappa shape index (κ3) is 4.84. The molecule has 1 N–H and O–H groups in total. The lowest BCUT2D eigenvalue weighted by molar-refractivity contribution is 0.0734. The molecule has 0 unspecified atom stereocenters. The summed E-state index contributed by atoms with van der Waals surface area (Å²) in [5.41, 5.74) is 4.69. The van der Waals surface area contributed by atoms with E-state index in [1.54, 1.807) is 0 Å². The lowest BCUT2D eigenvalue weighted by atomic mass is 9.98. The lowest BCUT2D eigenvalue weighted by Crippen LogP contribution is -2.49. The van der Waals surface area contributed by atoms with Crippen molar-refractivity contribution in [1.82, 2.24) is 15.1 Å². The van der Waals surface area contributed by atoms with E-state index in [1.807, 2.05) is 17.0 Å². The lowest BCUT2D eigenvalue weighted by Gasteiger charge is -2.38. The van der Waals surface area contributed by atoms with Gasteiger partial charge in [0.05, 0.1) is 0 Å². The molecule has 2 saturated heterocycles. The van der Waals surface area contributed by atoms with E-state index < -0.39 is 0 Å². The number of nitrogens with one attached hydrogen (secondary N) is 1. The van der Waals surface area contributed by atoms with Crippen molar-refractivity contribution in [1.29, 1.82) is 0 Å². The molecule has 0 aliphatic carbocycles. The Labute approximate surface area is 192 Å². The first kappa shape index (κ1) is 21.5. The zero-order chi connectivity index (χ0) is 21.9. The number of fused-ring (bicyclic) bond motifs is 1. The molecule has 0 atom stereocenters. The van der Waals surface area contributed by atoms with E-state index in [1.165, 1.54) is 55.6 Å². The quantitative estimate of drug-likeness (QED) is 0.802. The molecule has 5 nitrogen and oxygen atoms in total. The number of anilines is 1. The van der Waals surface area contributed by atoms with Gasteiger partial charge in [0.2, 0.25) is 0 Å². The van der Waals surface area contributed by atoms with Crippen LogP contribution in [-0.2, 0) is 13.0 Å². The van der Waals surface area contributed by atoms with Crippen LogP contribution in [-0.4, -0.2) is 67.6 Å². The van der Waals surface area contributed by atoms with E-state index >= 15 is 0 Å². The second kappa shape index (κ2) is 9.63. The highest BCUT2D eigenvalue weighted by atomic mass is 16.2. The Kier molecular flexibility index (Phi) is 6.47. The fourth-order valence-corrected chi connectivity index (χ4v) is 5.48. The molecule has 3 heterocycles. The molecule has 0 radical (unpaired) electrons. The van der Waals surface area contributed by atoms with Crippen molar-refractivity contribution >= 4 is 11.6 Å². The molecule has 2 aromatic rings. The van der Waals surface area contributed by atoms with E-state index in [-0.39, 0.29) is 5.91 Å². The molecule has 0 spiro atoms.